The van der Waals surface area contributed by atoms with E-state index in [1.807, 2.05) is 30.3 Å². The van der Waals surface area contributed by atoms with Crippen molar-refractivity contribution in [1.82, 2.24) is 4.57 Å². The second-order valence-electron chi connectivity index (χ2n) is 5.35. The molecule has 0 N–H and O–H groups in total. The van der Waals surface area contributed by atoms with E-state index in [1.54, 1.807) is 37.6 Å². The van der Waals surface area contributed by atoms with Gasteiger partial charge in [0.25, 0.3) is 5.56 Å². The summed E-state index contributed by atoms with van der Waals surface area (Å²) in [6.45, 7) is 0.0762. The number of aromatic nitrogens is 1. The van der Waals surface area contributed by atoms with Gasteiger partial charge in [-0.1, -0.05) is 30.3 Å². The summed E-state index contributed by atoms with van der Waals surface area (Å²) in [5.74, 6) is 0.232. The number of pyridine rings is 1. The molecule has 0 spiro atoms. The molecular formula is C19H17NO4. The fourth-order valence-electron chi connectivity index (χ4n) is 2.44. The maximum Gasteiger partial charge on any atom is 0.326 e. The Morgan fingerprint density at radius 2 is 1.88 bits per heavy atom. The number of esters is 1. The van der Waals surface area contributed by atoms with Gasteiger partial charge in [0.1, 0.15) is 18.9 Å². The molecule has 5 nitrogen and oxygen atoms in total. The molecule has 122 valence electrons. The molecule has 0 fully saturated rings. The van der Waals surface area contributed by atoms with Gasteiger partial charge in [0.05, 0.1) is 7.11 Å². The third kappa shape index (κ3) is 3.46. The first-order valence-electron chi connectivity index (χ1n) is 7.54. The number of fused-ring (bicyclic) bond motifs is 1. The highest BCUT2D eigenvalue weighted by atomic mass is 16.5. The zero-order valence-electron chi connectivity index (χ0n) is 13.3. The van der Waals surface area contributed by atoms with E-state index in [9.17, 15) is 9.59 Å². The van der Waals surface area contributed by atoms with E-state index in [0.717, 1.165) is 10.9 Å². The first kappa shape index (κ1) is 15.8. The van der Waals surface area contributed by atoms with E-state index in [-0.39, 0.29) is 18.7 Å². The van der Waals surface area contributed by atoms with Crippen LogP contribution in [-0.4, -0.2) is 17.6 Å². The van der Waals surface area contributed by atoms with Gasteiger partial charge < -0.3 is 14.0 Å². The van der Waals surface area contributed by atoms with Crippen LogP contribution in [0.1, 0.15) is 5.56 Å². The summed E-state index contributed by atoms with van der Waals surface area (Å²) < 4.78 is 11.7. The maximum atomic E-state index is 12.5. The zero-order valence-corrected chi connectivity index (χ0v) is 13.3. The number of nitrogens with zero attached hydrogens (tertiary/aromatic N) is 1. The van der Waals surface area contributed by atoms with Crippen molar-refractivity contribution in [1.29, 1.82) is 0 Å². The second kappa shape index (κ2) is 7.00. The van der Waals surface area contributed by atoms with Gasteiger partial charge in [0, 0.05) is 11.6 Å². The molecule has 3 aromatic rings. The number of hydrogen-bond acceptors (Lipinski definition) is 4. The molecule has 0 unspecified atom stereocenters. The molecule has 5 heteroatoms. The first-order valence-corrected chi connectivity index (χ1v) is 7.54. The quantitative estimate of drug-likeness (QED) is 0.678. The fraction of sp³-hybridized carbons (Fsp3) is 0.158. The predicted octanol–water partition coefficient (Wildman–Crippen LogP) is 2.75. The van der Waals surface area contributed by atoms with Crippen molar-refractivity contribution in [2.75, 3.05) is 7.11 Å². The van der Waals surface area contributed by atoms with Crippen LogP contribution in [0.3, 0.4) is 0 Å². The monoisotopic (exact) mass is 323 g/mol. The number of hydrogen-bond donors (Lipinski definition) is 0. The van der Waals surface area contributed by atoms with Crippen LogP contribution in [0.5, 0.6) is 5.75 Å². The van der Waals surface area contributed by atoms with Crippen molar-refractivity contribution in [2.45, 2.75) is 13.2 Å². The Morgan fingerprint density at radius 1 is 1.08 bits per heavy atom. The molecule has 24 heavy (non-hydrogen) atoms. The normalized spacial score (nSPS) is 10.5. The van der Waals surface area contributed by atoms with E-state index >= 15 is 0 Å². The van der Waals surface area contributed by atoms with E-state index < -0.39 is 5.97 Å². The van der Waals surface area contributed by atoms with Crippen molar-refractivity contribution in [2.24, 2.45) is 0 Å². The smallest absolute Gasteiger partial charge is 0.326 e. The molecule has 0 aliphatic rings. The third-order valence-electron chi connectivity index (χ3n) is 3.73. The first-order chi connectivity index (χ1) is 11.7. The van der Waals surface area contributed by atoms with E-state index in [2.05, 4.69) is 0 Å². The highest BCUT2D eigenvalue weighted by molar-refractivity contribution is 5.83. The third-order valence-corrected chi connectivity index (χ3v) is 3.73. The molecular weight excluding hydrogens is 306 g/mol. The Balaban J connectivity index is 1.74. The molecule has 0 saturated heterocycles. The second-order valence-corrected chi connectivity index (χ2v) is 5.35. The van der Waals surface area contributed by atoms with Crippen molar-refractivity contribution in [3.05, 3.63) is 76.7 Å². The highest BCUT2D eigenvalue weighted by Crippen LogP contribution is 2.17. The lowest BCUT2D eigenvalue weighted by Crippen LogP contribution is -2.24. The van der Waals surface area contributed by atoms with Crippen molar-refractivity contribution in [3.8, 4) is 5.75 Å². The minimum atomic E-state index is -0.450. The number of carbonyl (C=O) groups excluding carboxylic acids is 1. The standard InChI is InChI=1S/C19H17NO4/c1-23-16-7-8-17-15(11-16)9-10-20(19(17)22)12-18(21)24-13-14-5-3-2-4-6-14/h2-11H,12-13H2,1H3. The van der Waals surface area contributed by atoms with Gasteiger partial charge in [0.2, 0.25) is 0 Å². The van der Waals surface area contributed by atoms with Gasteiger partial charge in [-0.05, 0) is 35.2 Å². The minimum Gasteiger partial charge on any atom is -0.497 e. The number of carbonyl (C=O) groups is 1. The summed E-state index contributed by atoms with van der Waals surface area (Å²) in [4.78, 5) is 24.4. The molecule has 0 saturated carbocycles. The molecule has 1 heterocycles. The summed E-state index contributed by atoms with van der Waals surface area (Å²) in [5, 5.41) is 1.31. The van der Waals surface area contributed by atoms with Gasteiger partial charge in [-0.3, -0.25) is 9.59 Å². The Labute approximate surface area is 139 Å². The van der Waals surface area contributed by atoms with E-state index in [0.29, 0.717) is 11.1 Å². The largest absolute Gasteiger partial charge is 0.497 e. The van der Waals surface area contributed by atoms with Crippen LogP contribution in [0.25, 0.3) is 10.8 Å². The molecule has 0 atom stereocenters. The molecule has 3 rings (SSSR count). The van der Waals surface area contributed by atoms with Crippen LogP contribution in [0.4, 0.5) is 0 Å². The summed E-state index contributed by atoms with van der Waals surface area (Å²) in [6.07, 6.45) is 1.59. The summed E-state index contributed by atoms with van der Waals surface area (Å²) >= 11 is 0. The van der Waals surface area contributed by atoms with Gasteiger partial charge in [-0.15, -0.1) is 0 Å². The Kier molecular flexibility index (Phi) is 4.61. The number of rotatable bonds is 5. The highest BCUT2D eigenvalue weighted by Gasteiger charge is 2.09. The molecule has 2 aromatic carbocycles. The average molecular weight is 323 g/mol. The molecule has 0 aliphatic heterocycles. The minimum absolute atomic E-state index is 0.117. The maximum absolute atomic E-state index is 12.5. The van der Waals surface area contributed by atoms with Crippen LogP contribution < -0.4 is 10.3 Å². The van der Waals surface area contributed by atoms with Crippen LogP contribution >= 0.6 is 0 Å². The fourth-order valence-corrected chi connectivity index (χ4v) is 2.44. The van der Waals surface area contributed by atoms with Gasteiger partial charge >= 0.3 is 5.97 Å². The Hall–Kier alpha value is -3.08. The van der Waals surface area contributed by atoms with Crippen LogP contribution in [-0.2, 0) is 22.7 Å². The Morgan fingerprint density at radius 3 is 2.62 bits per heavy atom. The van der Waals surface area contributed by atoms with Gasteiger partial charge in [0.15, 0.2) is 0 Å². The van der Waals surface area contributed by atoms with Gasteiger partial charge in [-0.25, -0.2) is 0 Å². The van der Waals surface area contributed by atoms with Gasteiger partial charge in [-0.2, -0.15) is 0 Å². The lowest BCUT2D eigenvalue weighted by atomic mass is 10.1. The number of methoxy groups -OCH3 is 1. The molecule has 0 amide bonds. The van der Waals surface area contributed by atoms with Crippen LogP contribution in [0.2, 0.25) is 0 Å². The van der Waals surface area contributed by atoms with E-state index in [4.69, 9.17) is 9.47 Å². The molecule has 0 bridgehead atoms. The average Bonchev–Trinajstić information content (AvgIpc) is 2.63. The Bertz CT molecular complexity index is 916. The lowest BCUT2D eigenvalue weighted by molar-refractivity contribution is -0.145. The van der Waals surface area contributed by atoms with Crippen molar-refractivity contribution < 1.29 is 14.3 Å². The lowest BCUT2D eigenvalue weighted by Gasteiger charge is -2.09. The number of ether oxygens (including phenoxy) is 2. The van der Waals surface area contributed by atoms with E-state index in [1.165, 1.54) is 4.57 Å². The topological polar surface area (TPSA) is 57.5 Å². The predicted molar refractivity (Wildman–Crippen MR) is 91.0 cm³/mol. The van der Waals surface area contributed by atoms with Crippen molar-refractivity contribution in [3.63, 3.8) is 0 Å². The SMILES string of the molecule is COc1ccc2c(=O)n(CC(=O)OCc3ccccc3)ccc2c1. The summed E-state index contributed by atoms with van der Waals surface area (Å²) in [7, 11) is 1.57. The summed E-state index contributed by atoms with van der Waals surface area (Å²) in [6, 6.07) is 16.4. The van der Waals surface area contributed by atoms with Crippen LogP contribution in [0.15, 0.2) is 65.6 Å². The van der Waals surface area contributed by atoms with Crippen molar-refractivity contribution >= 4 is 16.7 Å². The number of benzene rings is 2. The zero-order chi connectivity index (χ0) is 16.9. The van der Waals surface area contributed by atoms with Crippen LogP contribution in [0, 0.1) is 0 Å². The molecule has 1 aromatic heterocycles. The molecule has 0 aliphatic carbocycles. The summed E-state index contributed by atoms with van der Waals surface area (Å²) in [5.41, 5.74) is 0.676. The molecule has 0 radical (unpaired) electrons.